The predicted molar refractivity (Wildman–Crippen MR) is 132 cm³/mol. The highest BCUT2D eigenvalue weighted by molar-refractivity contribution is 7.89. The first-order valence-electron chi connectivity index (χ1n) is 9.94. The number of hydrazine groups is 1. The van der Waals surface area contributed by atoms with Gasteiger partial charge in [-0.3, -0.25) is 20.4 Å². The molecule has 2 aromatic carbocycles. The van der Waals surface area contributed by atoms with Crippen molar-refractivity contribution in [1.29, 1.82) is 0 Å². The van der Waals surface area contributed by atoms with Crippen molar-refractivity contribution in [3.8, 4) is 0 Å². The van der Waals surface area contributed by atoms with E-state index < -0.39 is 21.8 Å². The van der Waals surface area contributed by atoms with Gasteiger partial charge in [0.1, 0.15) is 0 Å². The van der Waals surface area contributed by atoms with Gasteiger partial charge in [0.05, 0.1) is 34.7 Å². The minimum absolute atomic E-state index is 0.0629. The van der Waals surface area contributed by atoms with Gasteiger partial charge < -0.3 is 15.4 Å². The van der Waals surface area contributed by atoms with Crippen molar-refractivity contribution in [2.45, 2.75) is 4.90 Å². The van der Waals surface area contributed by atoms with E-state index in [9.17, 15) is 18.0 Å². The molecule has 0 radical (unpaired) electrons. The van der Waals surface area contributed by atoms with Crippen LogP contribution in [0.25, 0.3) is 0 Å². The Morgan fingerprint density at radius 1 is 1.00 bits per heavy atom. The zero-order chi connectivity index (χ0) is 24.7. The van der Waals surface area contributed by atoms with Gasteiger partial charge in [-0.15, -0.1) is 0 Å². The number of benzene rings is 2. The molecule has 1 aliphatic heterocycles. The minimum atomic E-state index is -3.60. The first-order valence-corrected chi connectivity index (χ1v) is 12.5. The number of amides is 2. The Morgan fingerprint density at radius 3 is 2.32 bits per heavy atom. The molecule has 1 fully saturated rings. The number of nitrogens with zero attached hydrogens (tertiary/aromatic N) is 1. The van der Waals surface area contributed by atoms with E-state index >= 15 is 0 Å². The van der Waals surface area contributed by atoms with Gasteiger partial charge in [0.2, 0.25) is 10.0 Å². The second kappa shape index (κ2) is 11.8. The third-order valence-electron chi connectivity index (χ3n) is 4.63. The van der Waals surface area contributed by atoms with Gasteiger partial charge in [0.25, 0.3) is 11.8 Å². The number of carbonyl (C=O) groups is 2. The SMILES string of the molecule is O=C(CNC(=O)c1ccc(Cl)c(Cl)c1)NNC(=S)Nc1ccc(S(=O)(=O)N2CCOCC2)cc1. The number of rotatable bonds is 6. The number of hydrogen-bond acceptors (Lipinski definition) is 6. The summed E-state index contributed by atoms with van der Waals surface area (Å²) in [5.74, 6) is -1.05. The monoisotopic (exact) mass is 545 g/mol. The smallest absolute Gasteiger partial charge is 0.257 e. The summed E-state index contributed by atoms with van der Waals surface area (Å²) >= 11 is 16.8. The van der Waals surface area contributed by atoms with Crippen LogP contribution in [0.5, 0.6) is 0 Å². The maximum Gasteiger partial charge on any atom is 0.257 e. The molecule has 0 saturated carbocycles. The molecule has 0 atom stereocenters. The Kier molecular flexibility index (Phi) is 9.05. The number of sulfonamides is 1. The van der Waals surface area contributed by atoms with Crippen molar-refractivity contribution in [2.75, 3.05) is 38.2 Å². The quantitative estimate of drug-likeness (QED) is 0.319. The van der Waals surface area contributed by atoms with E-state index in [-0.39, 0.29) is 27.1 Å². The summed E-state index contributed by atoms with van der Waals surface area (Å²) in [6.07, 6.45) is 0. The molecule has 3 rings (SSSR count). The van der Waals surface area contributed by atoms with Crippen LogP contribution in [0, 0.1) is 0 Å². The lowest BCUT2D eigenvalue weighted by Crippen LogP contribution is -2.47. The molecule has 0 spiro atoms. The van der Waals surface area contributed by atoms with E-state index in [0.717, 1.165) is 0 Å². The molecule has 1 aliphatic rings. The van der Waals surface area contributed by atoms with Gasteiger partial charge in [-0.2, -0.15) is 4.31 Å². The molecule has 4 N–H and O–H groups in total. The number of thiocarbonyl (C=S) groups is 1. The maximum absolute atomic E-state index is 12.7. The Balaban J connectivity index is 1.44. The van der Waals surface area contributed by atoms with Crippen LogP contribution in [0.1, 0.15) is 10.4 Å². The van der Waals surface area contributed by atoms with Gasteiger partial charge in [-0.1, -0.05) is 23.2 Å². The summed E-state index contributed by atoms with van der Waals surface area (Å²) in [4.78, 5) is 24.2. The lowest BCUT2D eigenvalue weighted by Gasteiger charge is -2.26. The van der Waals surface area contributed by atoms with Crippen LogP contribution < -0.4 is 21.5 Å². The molecule has 1 heterocycles. The van der Waals surface area contributed by atoms with Crippen LogP contribution in [-0.4, -0.2) is 62.5 Å². The van der Waals surface area contributed by atoms with Crippen LogP contribution in [0.4, 0.5) is 5.69 Å². The first-order chi connectivity index (χ1) is 16.2. The molecule has 10 nitrogen and oxygen atoms in total. The maximum atomic E-state index is 12.7. The highest BCUT2D eigenvalue weighted by Gasteiger charge is 2.26. The van der Waals surface area contributed by atoms with Crippen molar-refractivity contribution in [2.24, 2.45) is 0 Å². The van der Waals surface area contributed by atoms with E-state index in [1.807, 2.05) is 0 Å². The number of carbonyl (C=O) groups excluding carboxylic acids is 2. The minimum Gasteiger partial charge on any atom is -0.379 e. The van der Waals surface area contributed by atoms with Crippen molar-refractivity contribution in [1.82, 2.24) is 20.5 Å². The number of halogens is 2. The van der Waals surface area contributed by atoms with E-state index in [1.54, 1.807) is 12.1 Å². The Hall–Kier alpha value is -2.48. The van der Waals surface area contributed by atoms with E-state index in [2.05, 4.69) is 21.5 Å². The lowest BCUT2D eigenvalue weighted by atomic mass is 10.2. The van der Waals surface area contributed by atoms with Crippen LogP contribution >= 0.6 is 35.4 Å². The molecule has 0 unspecified atom stereocenters. The Morgan fingerprint density at radius 2 is 1.68 bits per heavy atom. The average Bonchev–Trinajstić information content (AvgIpc) is 2.83. The molecule has 0 bridgehead atoms. The molecule has 14 heteroatoms. The van der Waals surface area contributed by atoms with Gasteiger partial charge in [0, 0.05) is 24.3 Å². The molecule has 1 saturated heterocycles. The fraction of sp³-hybridized carbons (Fsp3) is 0.250. The Bertz CT molecular complexity index is 1170. The van der Waals surface area contributed by atoms with Crippen LogP contribution in [0.2, 0.25) is 10.0 Å². The summed E-state index contributed by atoms with van der Waals surface area (Å²) in [5.41, 5.74) is 5.61. The van der Waals surface area contributed by atoms with Crippen molar-refractivity contribution in [3.63, 3.8) is 0 Å². The molecule has 0 aromatic heterocycles. The third-order valence-corrected chi connectivity index (χ3v) is 7.48. The summed E-state index contributed by atoms with van der Waals surface area (Å²) in [7, 11) is -3.60. The predicted octanol–water partition coefficient (Wildman–Crippen LogP) is 1.76. The topological polar surface area (TPSA) is 129 Å². The summed E-state index contributed by atoms with van der Waals surface area (Å²) < 4.78 is 31.9. The number of morpholine rings is 1. The van der Waals surface area contributed by atoms with Gasteiger partial charge in [0.15, 0.2) is 5.11 Å². The van der Waals surface area contributed by atoms with Crippen LogP contribution in [0.15, 0.2) is 47.4 Å². The van der Waals surface area contributed by atoms with Gasteiger partial charge >= 0.3 is 0 Å². The molecule has 182 valence electrons. The van der Waals surface area contributed by atoms with E-state index in [4.69, 9.17) is 40.2 Å². The normalized spacial score (nSPS) is 14.2. The first kappa shape index (κ1) is 26.1. The zero-order valence-corrected chi connectivity index (χ0v) is 20.8. The van der Waals surface area contributed by atoms with Crippen molar-refractivity contribution < 1.29 is 22.7 Å². The molecular formula is C20H21Cl2N5O5S2. The van der Waals surface area contributed by atoms with Crippen molar-refractivity contribution in [3.05, 3.63) is 58.1 Å². The molecule has 2 amide bonds. The third kappa shape index (κ3) is 7.01. The summed E-state index contributed by atoms with van der Waals surface area (Å²) in [6.45, 7) is 1.03. The fourth-order valence-electron chi connectivity index (χ4n) is 2.88. The largest absolute Gasteiger partial charge is 0.379 e. The van der Waals surface area contributed by atoms with E-state index in [1.165, 1.54) is 34.6 Å². The standard InChI is InChI=1S/C20H21Cl2N5O5S2/c21-16-6-1-13(11-17(16)22)19(29)23-12-18(28)25-26-20(33)24-14-2-4-15(5-3-14)34(30,31)27-7-9-32-10-8-27/h1-6,11H,7-10,12H2,(H,23,29)(H,25,28)(H2,24,26,33). The van der Waals surface area contributed by atoms with Crippen LogP contribution in [-0.2, 0) is 19.6 Å². The molecule has 34 heavy (non-hydrogen) atoms. The number of ether oxygens (including phenoxy) is 1. The molecule has 2 aromatic rings. The summed E-state index contributed by atoms with van der Waals surface area (Å²) in [6, 6.07) is 10.4. The highest BCUT2D eigenvalue weighted by atomic mass is 35.5. The number of nitrogens with one attached hydrogen (secondary N) is 4. The second-order valence-corrected chi connectivity index (χ2v) is 10.1. The fourth-order valence-corrected chi connectivity index (χ4v) is 4.75. The van der Waals surface area contributed by atoms with Gasteiger partial charge in [-0.25, -0.2) is 8.42 Å². The van der Waals surface area contributed by atoms with Gasteiger partial charge in [-0.05, 0) is 54.7 Å². The second-order valence-electron chi connectivity index (χ2n) is 6.98. The number of anilines is 1. The Labute approximate surface area is 211 Å². The van der Waals surface area contributed by atoms with E-state index in [0.29, 0.717) is 37.0 Å². The molecular weight excluding hydrogens is 525 g/mol. The lowest BCUT2D eigenvalue weighted by molar-refractivity contribution is -0.120. The number of hydrogen-bond donors (Lipinski definition) is 4. The molecule has 0 aliphatic carbocycles. The average molecular weight is 546 g/mol. The van der Waals surface area contributed by atoms with Crippen LogP contribution in [0.3, 0.4) is 0 Å². The highest BCUT2D eigenvalue weighted by Crippen LogP contribution is 2.22. The summed E-state index contributed by atoms with van der Waals surface area (Å²) in [5, 5.41) is 5.86. The zero-order valence-electron chi connectivity index (χ0n) is 17.6. The van der Waals surface area contributed by atoms with Crippen molar-refractivity contribution >= 4 is 68.1 Å².